The van der Waals surface area contributed by atoms with Crippen molar-refractivity contribution in [1.29, 1.82) is 0 Å². The first kappa shape index (κ1) is 10.7. The normalized spacial score (nSPS) is 12.4. The van der Waals surface area contributed by atoms with Gasteiger partial charge in [0, 0.05) is 0 Å². The van der Waals surface area contributed by atoms with Crippen LogP contribution in [0, 0.1) is 12.8 Å². The van der Waals surface area contributed by atoms with E-state index < -0.39 is 11.9 Å². The number of aliphatic carboxylic acids is 1. The Labute approximate surface area is 83.6 Å². The van der Waals surface area contributed by atoms with E-state index in [0.717, 1.165) is 11.1 Å². The van der Waals surface area contributed by atoms with Crippen molar-refractivity contribution in [2.75, 3.05) is 6.54 Å². The number of carboxylic acid groups (broad SMARTS) is 1. The summed E-state index contributed by atoms with van der Waals surface area (Å²) in [7, 11) is 0. The summed E-state index contributed by atoms with van der Waals surface area (Å²) in [5.41, 5.74) is 5.79. The molecule has 3 nitrogen and oxygen atoms in total. The fraction of sp³-hybridized carbons (Fsp3) is 0.364. The van der Waals surface area contributed by atoms with Crippen LogP contribution in [0.5, 0.6) is 0 Å². The molecule has 1 aromatic carbocycles. The number of carboxylic acids is 1. The van der Waals surface area contributed by atoms with Gasteiger partial charge in [-0.25, -0.2) is 0 Å². The third-order valence-electron chi connectivity index (χ3n) is 2.41. The van der Waals surface area contributed by atoms with Gasteiger partial charge < -0.3 is 15.6 Å². The zero-order valence-electron chi connectivity index (χ0n) is 8.32. The molecular formula is C11H15NO2. The molecule has 14 heavy (non-hydrogen) atoms. The Morgan fingerprint density at radius 2 is 2.14 bits per heavy atom. The molecule has 0 bridgehead atoms. The van der Waals surface area contributed by atoms with Crippen molar-refractivity contribution in [2.45, 2.75) is 13.3 Å². The molecule has 0 saturated carbocycles. The van der Waals surface area contributed by atoms with Crippen LogP contribution in [0.3, 0.4) is 0 Å². The lowest BCUT2D eigenvalue weighted by Gasteiger charge is -2.15. The molecule has 76 valence electrons. The first-order chi connectivity index (χ1) is 6.65. The van der Waals surface area contributed by atoms with Crippen LogP contribution >= 0.6 is 0 Å². The predicted octanol–water partition coefficient (Wildman–Crippen LogP) is -0.854. The van der Waals surface area contributed by atoms with Gasteiger partial charge >= 0.3 is 0 Å². The monoisotopic (exact) mass is 193 g/mol. The summed E-state index contributed by atoms with van der Waals surface area (Å²) in [6.45, 7) is 2.35. The average Bonchev–Trinajstić information content (AvgIpc) is 2.16. The van der Waals surface area contributed by atoms with Crippen molar-refractivity contribution in [3.05, 3.63) is 35.4 Å². The molecule has 1 aromatic rings. The number of aryl methyl sites for hydroxylation is 1. The highest BCUT2D eigenvalue weighted by atomic mass is 16.4. The van der Waals surface area contributed by atoms with Crippen LogP contribution < -0.4 is 10.8 Å². The minimum Gasteiger partial charge on any atom is -0.550 e. The van der Waals surface area contributed by atoms with Gasteiger partial charge in [-0.15, -0.1) is 0 Å². The molecule has 3 N–H and O–H groups in total. The van der Waals surface area contributed by atoms with Gasteiger partial charge in [0.05, 0.1) is 18.4 Å². The van der Waals surface area contributed by atoms with Gasteiger partial charge in [-0.05, 0) is 24.5 Å². The van der Waals surface area contributed by atoms with Crippen LogP contribution in [0.15, 0.2) is 24.3 Å². The van der Waals surface area contributed by atoms with Crippen LogP contribution in [-0.2, 0) is 11.2 Å². The summed E-state index contributed by atoms with van der Waals surface area (Å²) >= 11 is 0. The fourth-order valence-electron chi connectivity index (χ4n) is 1.41. The molecule has 0 heterocycles. The Hall–Kier alpha value is -1.35. The van der Waals surface area contributed by atoms with Crippen LogP contribution in [0.2, 0.25) is 0 Å². The number of rotatable bonds is 4. The second-order valence-corrected chi connectivity index (χ2v) is 3.44. The van der Waals surface area contributed by atoms with Crippen molar-refractivity contribution in [2.24, 2.45) is 5.92 Å². The maximum atomic E-state index is 10.7. The molecule has 0 aliphatic carbocycles. The zero-order chi connectivity index (χ0) is 10.6. The summed E-state index contributed by atoms with van der Waals surface area (Å²) < 4.78 is 0. The van der Waals surface area contributed by atoms with Crippen LogP contribution in [0.25, 0.3) is 0 Å². The minimum atomic E-state index is -1.01. The summed E-state index contributed by atoms with van der Waals surface area (Å²) in [5.74, 6) is -1.49. The molecule has 0 amide bonds. The largest absolute Gasteiger partial charge is 0.550 e. The van der Waals surface area contributed by atoms with Gasteiger partial charge in [-0.3, -0.25) is 0 Å². The number of hydrogen-bond donors (Lipinski definition) is 1. The lowest BCUT2D eigenvalue weighted by atomic mass is 9.96. The number of carbonyl (C=O) groups is 1. The molecule has 0 spiro atoms. The molecule has 1 rings (SSSR count). The third kappa shape index (κ3) is 2.57. The van der Waals surface area contributed by atoms with Crippen molar-refractivity contribution in [1.82, 2.24) is 0 Å². The zero-order valence-corrected chi connectivity index (χ0v) is 8.32. The quantitative estimate of drug-likeness (QED) is 0.676. The van der Waals surface area contributed by atoms with Crippen LogP contribution in [0.4, 0.5) is 0 Å². The van der Waals surface area contributed by atoms with E-state index in [1.165, 1.54) is 0 Å². The van der Waals surface area contributed by atoms with Crippen molar-refractivity contribution in [3.8, 4) is 0 Å². The summed E-state index contributed by atoms with van der Waals surface area (Å²) in [4.78, 5) is 10.7. The Morgan fingerprint density at radius 1 is 1.50 bits per heavy atom. The van der Waals surface area contributed by atoms with Gasteiger partial charge in [-0.2, -0.15) is 0 Å². The Balaban J connectivity index is 2.77. The highest BCUT2D eigenvalue weighted by Gasteiger charge is 2.11. The summed E-state index contributed by atoms with van der Waals surface area (Å²) in [5, 5.41) is 10.7. The van der Waals surface area contributed by atoms with E-state index in [1.54, 1.807) is 0 Å². The summed E-state index contributed by atoms with van der Waals surface area (Å²) in [6, 6.07) is 7.78. The maximum Gasteiger partial charge on any atom is 0.0824 e. The molecule has 3 heteroatoms. The van der Waals surface area contributed by atoms with E-state index in [9.17, 15) is 9.90 Å². The number of benzene rings is 1. The van der Waals surface area contributed by atoms with Crippen LogP contribution in [0.1, 0.15) is 11.1 Å². The molecule has 0 radical (unpaired) electrons. The average molecular weight is 193 g/mol. The van der Waals surface area contributed by atoms with Crippen molar-refractivity contribution < 1.29 is 15.6 Å². The van der Waals surface area contributed by atoms with Gasteiger partial charge in [-0.1, -0.05) is 24.3 Å². The number of carbonyl (C=O) groups excluding carboxylic acids is 1. The smallest absolute Gasteiger partial charge is 0.0824 e. The SMILES string of the molecule is Cc1ccccc1C[C@H](C[NH3+])C(=O)[O-]. The van der Waals surface area contributed by atoms with Gasteiger partial charge in [0.25, 0.3) is 0 Å². The second-order valence-electron chi connectivity index (χ2n) is 3.44. The highest BCUT2D eigenvalue weighted by molar-refractivity contribution is 5.68. The molecule has 0 aromatic heterocycles. The van der Waals surface area contributed by atoms with E-state index in [0.29, 0.717) is 13.0 Å². The molecular weight excluding hydrogens is 178 g/mol. The molecule has 0 aliphatic rings. The Morgan fingerprint density at radius 3 is 2.64 bits per heavy atom. The van der Waals surface area contributed by atoms with E-state index >= 15 is 0 Å². The van der Waals surface area contributed by atoms with Gasteiger partial charge in [0.15, 0.2) is 0 Å². The number of quaternary nitrogens is 1. The number of hydrogen-bond acceptors (Lipinski definition) is 2. The Bertz CT molecular complexity index is 323. The Kier molecular flexibility index (Phi) is 3.65. The fourth-order valence-corrected chi connectivity index (χ4v) is 1.41. The first-order valence-corrected chi connectivity index (χ1v) is 4.69. The predicted molar refractivity (Wildman–Crippen MR) is 51.1 cm³/mol. The van der Waals surface area contributed by atoms with Crippen molar-refractivity contribution >= 4 is 5.97 Å². The van der Waals surface area contributed by atoms with Crippen LogP contribution in [-0.4, -0.2) is 12.5 Å². The lowest BCUT2D eigenvalue weighted by Crippen LogP contribution is -2.57. The second kappa shape index (κ2) is 4.77. The van der Waals surface area contributed by atoms with E-state index in [2.05, 4.69) is 5.73 Å². The standard InChI is InChI=1S/C11H15NO2/c1-8-4-2-3-5-9(8)6-10(7-12)11(13)14/h2-5,10H,6-7,12H2,1H3,(H,13,14)/t10-/m1/s1. The van der Waals surface area contributed by atoms with Gasteiger partial charge in [0.2, 0.25) is 0 Å². The third-order valence-corrected chi connectivity index (χ3v) is 2.41. The maximum absolute atomic E-state index is 10.7. The highest BCUT2D eigenvalue weighted by Crippen LogP contribution is 2.11. The van der Waals surface area contributed by atoms with E-state index in [-0.39, 0.29) is 0 Å². The van der Waals surface area contributed by atoms with Gasteiger partial charge in [0.1, 0.15) is 0 Å². The van der Waals surface area contributed by atoms with E-state index in [4.69, 9.17) is 0 Å². The molecule has 0 saturated heterocycles. The summed E-state index contributed by atoms with van der Waals surface area (Å²) in [6.07, 6.45) is 0.512. The minimum absolute atomic E-state index is 0.372. The molecule has 0 aliphatic heterocycles. The molecule has 0 unspecified atom stereocenters. The van der Waals surface area contributed by atoms with Crippen molar-refractivity contribution in [3.63, 3.8) is 0 Å². The first-order valence-electron chi connectivity index (χ1n) is 4.69. The van der Waals surface area contributed by atoms with E-state index in [1.807, 2.05) is 31.2 Å². The lowest BCUT2D eigenvalue weighted by molar-refractivity contribution is -0.387. The topological polar surface area (TPSA) is 67.8 Å². The molecule has 1 atom stereocenters. The molecule has 0 fully saturated rings.